The van der Waals surface area contributed by atoms with E-state index >= 15 is 0 Å². The van der Waals surface area contributed by atoms with Crippen LogP contribution in [0.5, 0.6) is 11.5 Å². The average molecular weight is 450 g/mol. The van der Waals surface area contributed by atoms with Gasteiger partial charge in [0.15, 0.2) is 5.78 Å². The molecular formula is C24H25F3O5. The fraction of sp³-hybridized carbons (Fsp3) is 0.375. The molecule has 1 aliphatic rings. The monoisotopic (exact) mass is 450 g/mol. The number of carbonyl (C=O) groups is 1. The first-order valence-electron chi connectivity index (χ1n) is 10.3. The third kappa shape index (κ3) is 5.49. The Morgan fingerprint density at radius 3 is 2.56 bits per heavy atom. The second-order valence-electron chi connectivity index (χ2n) is 7.68. The summed E-state index contributed by atoms with van der Waals surface area (Å²) in [5, 5.41) is 20.7. The molecule has 2 aromatic rings. The number of rotatable bonds is 9. The molecule has 172 valence electrons. The highest BCUT2D eigenvalue weighted by Crippen LogP contribution is 2.44. The minimum atomic E-state index is -4.78. The van der Waals surface area contributed by atoms with E-state index in [0.717, 1.165) is 11.1 Å². The van der Waals surface area contributed by atoms with E-state index in [4.69, 9.17) is 4.74 Å². The van der Waals surface area contributed by atoms with Crippen LogP contribution in [-0.2, 0) is 17.6 Å². The van der Waals surface area contributed by atoms with Crippen LogP contribution in [0.15, 0.2) is 43.0 Å². The molecule has 1 aliphatic heterocycles. The maximum atomic E-state index is 12.5. The first-order chi connectivity index (χ1) is 15.1. The van der Waals surface area contributed by atoms with Crippen molar-refractivity contribution in [2.75, 3.05) is 6.61 Å². The zero-order valence-corrected chi connectivity index (χ0v) is 17.6. The predicted octanol–water partition coefficient (Wildman–Crippen LogP) is 4.68. The largest absolute Gasteiger partial charge is 0.573 e. The van der Waals surface area contributed by atoms with E-state index in [1.807, 2.05) is 6.07 Å². The fourth-order valence-electron chi connectivity index (χ4n) is 3.89. The van der Waals surface area contributed by atoms with Gasteiger partial charge in [-0.3, -0.25) is 4.79 Å². The molecular weight excluding hydrogens is 425 g/mol. The first-order valence-corrected chi connectivity index (χ1v) is 10.3. The molecule has 0 bridgehead atoms. The zero-order valence-electron chi connectivity index (χ0n) is 17.6. The molecule has 0 aliphatic carbocycles. The quantitative estimate of drug-likeness (QED) is 0.543. The third-order valence-corrected chi connectivity index (χ3v) is 5.36. The van der Waals surface area contributed by atoms with Crippen LogP contribution in [0.1, 0.15) is 42.6 Å². The van der Waals surface area contributed by atoms with Crippen LogP contribution in [0, 0.1) is 0 Å². The van der Waals surface area contributed by atoms with Crippen molar-refractivity contribution in [1.29, 1.82) is 0 Å². The van der Waals surface area contributed by atoms with E-state index in [1.54, 1.807) is 0 Å². The van der Waals surface area contributed by atoms with Crippen molar-refractivity contribution in [3.05, 3.63) is 59.7 Å². The van der Waals surface area contributed by atoms with Crippen molar-refractivity contribution in [3.63, 3.8) is 0 Å². The predicted molar refractivity (Wildman–Crippen MR) is 113 cm³/mol. The van der Waals surface area contributed by atoms with E-state index < -0.39 is 18.6 Å². The van der Waals surface area contributed by atoms with Gasteiger partial charge < -0.3 is 19.7 Å². The van der Waals surface area contributed by atoms with E-state index in [2.05, 4.69) is 11.3 Å². The maximum absolute atomic E-state index is 12.5. The van der Waals surface area contributed by atoms with Gasteiger partial charge in [0.2, 0.25) is 0 Å². The maximum Gasteiger partial charge on any atom is 0.573 e. The number of aryl methyl sites for hydroxylation is 1. The van der Waals surface area contributed by atoms with Gasteiger partial charge in [0.25, 0.3) is 0 Å². The number of ether oxygens (including phenoxy) is 2. The summed E-state index contributed by atoms with van der Waals surface area (Å²) in [7, 11) is 0. The van der Waals surface area contributed by atoms with Gasteiger partial charge in [-0.2, -0.15) is 0 Å². The number of carbonyl (C=O) groups excluding carboxylic acids is 1. The Kier molecular flexibility index (Phi) is 7.26. The van der Waals surface area contributed by atoms with Crippen LogP contribution in [0.3, 0.4) is 0 Å². The molecule has 0 spiro atoms. The lowest BCUT2D eigenvalue weighted by molar-refractivity contribution is -0.274. The highest BCUT2D eigenvalue weighted by molar-refractivity contribution is 5.89. The fourth-order valence-corrected chi connectivity index (χ4v) is 3.89. The lowest BCUT2D eigenvalue weighted by atomic mass is 9.86. The van der Waals surface area contributed by atoms with Crippen molar-refractivity contribution in [3.8, 4) is 22.6 Å². The number of benzene rings is 2. The smallest absolute Gasteiger partial charge is 0.492 e. The van der Waals surface area contributed by atoms with Gasteiger partial charge in [0.05, 0.1) is 12.7 Å². The summed E-state index contributed by atoms with van der Waals surface area (Å²) < 4.78 is 47.2. The van der Waals surface area contributed by atoms with E-state index in [1.165, 1.54) is 37.3 Å². The van der Waals surface area contributed by atoms with Gasteiger partial charge in [-0.15, -0.1) is 13.2 Å². The summed E-state index contributed by atoms with van der Waals surface area (Å²) in [6, 6.07) is 7.28. The van der Waals surface area contributed by atoms with E-state index in [0.29, 0.717) is 54.7 Å². The van der Waals surface area contributed by atoms with Gasteiger partial charge in [0.1, 0.15) is 17.6 Å². The van der Waals surface area contributed by atoms with Crippen LogP contribution in [0.25, 0.3) is 11.1 Å². The Hall–Kier alpha value is -2.84. The molecule has 0 unspecified atom stereocenters. The van der Waals surface area contributed by atoms with Crippen LogP contribution in [0.4, 0.5) is 13.2 Å². The number of ketones is 1. The van der Waals surface area contributed by atoms with Crippen molar-refractivity contribution >= 4 is 5.78 Å². The Bertz CT molecular complexity index is 981. The Morgan fingerprint density at radius 2 is 1.97 bits per heavy atom. The van der Waals surface area contributed by atoms with Crippen LogP contribution >= 0.6 is 0 Å². The minimum absolute atomic E-state index is 0.0902. The number of aliphatic hydroxyl groups is 2. The van der Waals surface area contributed by atoms with Gasteiger partial charge in [-0.1, -0.05) is 18.7 Å². The second kappa shape index (κ2) is 9.75. The van der Waals surface area contributed by atoms with Gasteiger partial charge in [-0.05, 0) is 60.7 Å². The summed E-state index contributed by atoms with van der Waals surface area (Å²) in [5.74, 6) is 0.117. The van der Waals surface area contributed by atoms with Crippen LogP contribution in [0.2, 0.25) is 0 Å². The number of fused-ring (bicyclic) bond motifs is 1. The molecule has 0 amide bonds. The Morgan fingerprint density at radius 1 is 1.28 bits per heavy atom. The molecule has 3 rings (SSSR count). The molecule has 0 aromatic heterocycles. The number of hydrogen-bond donors (Lipinski definition) is 2. The van der Waals surface area contributed by atoms with Crippen molar-refractivity contribution in [1.82, 2.24) is 0 Å². The molecule has 0 saturated carbocycles. The van der Waals surface area contributed by atoms with Crippen molar-refractivity contribution < 1.29 is 37.7 Å². The van der Waals surface area contributed by atoms with E-state index in [9.17, 15) is 28.2 Å². The standard InChI is InChI=1S/C24H25F3O5/c1-3-17(29)6-4-5-16-13-20(15-7-9-18(10-8-15)32-24(25,26)27)23-19(11-12-31-23)21(16)22(30)14(2)28/h3,7-10,13-14,22,28,30H,1,4-6,11-12H2,2H3/t14-,22+/m0/s1. The summed E-state index contributed by atoms with van der Waals surface area (Å²) >= 11 is 0. The number of halogens is 3. The molecule has 0 fully saturated rings. The van der Waals surface area contributed by atoms with Gasteiger partial charge in [-0.25, -0.2) is 0 Å². The lowest BCUT2D eigenvalue weighted by Crippen LogP contribution is -2.18. The molecule has 0 saturated heterocycles. The number of allylic oxidation sites excluding steroid dienone is 1. The molecule has 2 aromatic carbocycles. The molecule has 5 nitrogen and oxygen atoms in total. The third-order valence-electron chi connectivity index (χ3n) is 5.36. The summed E-state index contributed by atoms with van der Waals surface area (Å²) in [4.78, 5) is 11.6. The van der Waals surface area contributed by atoms with Crippen molar-refractivity contribution in [2.45, 2.75) is 51.2 Å². The Balaban J connectivity index is 2.03. The molecule has 1 heterocycles. The minimum Gasteiger partial charge on any atom is -0.492 e. The number of hydrogen-bond acceptors (Lipinski definition) is 5. The Labute approximate surface area is 184 Å². The SMILES string of the molecule is C=CC(=O)CCCc1cc(-c2ccc(OC(F)(F)F)cc2)c2c(c1[C@H](O)[C@H](C)O)CCO2. The molecule has 8 heteroatoms. The van der Waals surface area contributed by atoms with Crippen molar-refractivity contribution in [2.24, 2.45) is 0 Å². The summed E-state index contributed by atoms with van der Waals surface area (Å²) in [6.45, 7) is 5.34. The highest BCUT2D eigenvalue weighted by atomic mass is 19.4. The molecule has 2 N–H and O–H groups in total. The number of aliphatic hydroxyl groups excluding tert-OH is 2. The average Bonchev–Trinajstić information content (AvgIpc) is 3.21. The summed E-state index contributed by atoms with van der Waals surface area (Å²) in [5.41, 5.74) is 3.39. The second-order valence-corrected chi connectivity index (χ2v) is 7.68. The van der Waals surface area contributed by atoms with E-state index in [-0.39, 0.29) is 11.5 Å². The summed E-state index contributed by atoms with van der Waals surface area (Å²) in [6.07, 6.45) is -3.87. The first kappa shape index (κ1) is 23.8. The molecule has 2 atom stereocenters. The number of alkyl halides is 3. The molecule has 0 radical (unpaired) electrons. The normalized spacial score (nSPS) is 14.9. The zero-order chi connectivity index (χ0) is 23.5. The van der Waals surface area contributed by atoms with Crippen LogP contribution in [-0.4, -0.2) is 35.1 Å². The topological polar surface area (TPSA) is 76.0 Å². The highest BCUT2D eigenvalue weighted by Gasteiger charge is 2.32. The van der Waals surface area contributed by atoms with Gasteiger partial charge in [0, 0.05) is 24.0 Å². The van der Waals surface area contributed by atoms with Gasteiger partial charge >= 0.3 is 6.36 Å². The van der Waals surface area contributed by atoms with Crippen LogP contribution < -0.4 is 9.47 Å². The molecule has 32 heavy (non-hydrogen) atoms. The lowest BCUT2D eigenvalue weighted by Gasteiger charge is -2.23.